The van der Waals surface area contributed by atoms with E-state index in [1.165, 1.54) is 25.0 Å². The van der Waals surface area contributed by atoms with Gasteiger partial charge in [-0.05, 0) is 49.9 Å². The van der Waals surface area contributed by atoms with Crippen LogP contribution < -0.4 is 5.73 Å². The van der Waals surface area contributed by atoms with Gasteiger partial charge in [0.25, 0.3) is 0 Å². The summed E-state index contributed by atoms with van der Waals surface area (Å²) in [5, 5.41) is 0. The van der Waals surface area contributed by atoms with Crippen molar-refractivity contribution in [3.63, 3.8) is 0 Å². The Morgan fingerprint density at radius 3 is 2.33 bits per heavy atom. The zero-order valence-corrected chi connectivity index (χ0v) is 10.3. The topological polar surface area (TPSA) is 29.3 Å². The minimum absolute atomic E-state index is 0.0273. The molecular formula is C14H18F2N2. The molecule has 2 fully saturated rings. The molecule has 2 aliphatic rings. The second kappa shape index (κ2) is 4.59. The Morgan fingerprint density at radius 1 is 1.06 bits per heavy atom. The smallest absolute Gasteiger partial charge is 0.126 e. The van der Waals surface area contributed by atoms with Crippen molar-refractivity contribution in [1.82, 2.24) is 4.90 Å². The van der Waals surface area contributed by atoms with E-state index in [1.54, 1.807) is 0 Å². The van der Waals surface area contributed by atoms with Crippen LogP contribution in [0.1, 0.15) is 37.3 Å². The van der Waals surface area contributed by atoms with Gasteiger partial charge in [-0.2, -0.15) is 0 Å². The fourth-order valence-corrected chi connectivity index (χ4v) is 3.05. The molecule has 1 aliphatic heterocycles. The molecule has 1 aliphatic carbocycles. The number of hydrogen-bond donors (Lipinski definition) is 1. The first kappa shape index (κ1) is 12.1. The maximum atomic E-state index is 13.4. The Morgan fingerprint density at radius 2 is 1.72 bits per heavy atom. The van der Waals surface area contributed by atoms with Crippen LogP contribution in [0.3, 0.4) is 0 Å². The first-order chi connectivity index (χ1) is 8.65. The summed E-state index contributed by atoms with van der Waals surface area (Å²) in [5.74, 6) is -1.03. The van der Waals surface area contributed by atoms with Gasteiger partial charge in [-0.15, -0.1) is 0 Å². The number of likely N-dealkylation sites (tertiary alicyclic amines) is 1. The second-order valence-corrected chi connectivity index (χ2v) is 5.42. The number of hydrogen-bond acceptors (Lipinski definition) is 2. The molecule has 3 rings (SSSR count). The lowest BCUT2D eigenvalue weighted by molar-refractivity contribution is 0.119. The first-order valence-electron chi connectivity index (χ1n) is 6.62. The standard InChI is InChI=1S/C14H18F2N2/c15-10-6-9(7-11(16)8-10)14-13(17)2-1-5-18(14)12-3-4-12/h6-8,12-14H,1-5,17H2. The average molecular weight is 252 g/mol. The van der Waals surface area contributed by atoms with Crippen LogP contribution in [0, 0.1) is 11.6 Å². The molecule has 2 nitrogen and oxygen atoms in total. The van der Waals surface area contributed by atoms with E-state index < -0.39 is 11.6 Å². The predicted molar refractivity (Wildman–Crippen MR) is 66.0 cm³/mol. The van der Waals surface area contributed by atoms with Crippen molar-refractivity contribution >= 4 is 0 Å². The Hall–Kier alpha value is -1.00. The predicted octanol–water partition coefficient (Wildman–Crippen LogP) is 2.59. The van der Waals surface area contributed by atoms with Crippen molar-refractivity contribution < 1.29 is 8.78 Å². The van der Waals surface area contributed by atoms with E-state index in [1.807, 2.05) is 0 Å². The summed E-state index contributed by atoms with van der Waals surface area (Å²) in [6.07, 6.45) is 4.36. The lowest BCUT2D eigenvalue weighted by Crippen LogP contribution is -2.46. The lowest BCUT2D eigenvalue weighted by atomic mass is 9.90. The highest BCUT2D eigenvalue weighted by molar-refractivity contribution is 5.24. The molecule has 0 amide bonds. The molecule has 4 heteroatoms. The van der Waals surface area contributed by atoms with Crippen LogP contribution in [0.15, 0.2) is 18.2 Å². The third kappa shape index (κ3) is 2.27. The van der Waals surface area contributed by atoms with Crippen LogP contribution in [-0.4, -0.2) is 23.5 Å². The van der Waals surface area contributed by atoms with Gasteiger partial charge in [-0.1, -0.05) is 0 Å². The third-order valence-corrected chi connectivity index (χ3v) is 3.96. The molecule has 1 heterocycles. The maximum absolute atomic E-state index is 13.4. The van der Waals surface area contributed by atoms with Crippen LogP contribution >= 0.6 is 0 Å². The zero-order valence-electron chi connectivity index (χ0n) is 10.3. The van der Waals surface area contributed by atoms with E-state index in [2.05, 4.69) is 4.90 Å². The fourth-order valence-electron chi connectivity index (χ4n) is 3.05. The number of rotatable bonds is 2. The Bertz CT molecular complexity index is 425. The van der Waals surface area contributed by atoms with Crippen LogP contribution in [-0.2, 0) is 0 Å². The average Bonchev–Trinajstić information content (AvgIpc) is 3.10. The summed E-state index contributed by atoms with van der Waals surface area (Å²) < 4.78 is 26.7. The molecule has 98 valence electrons. The van der Waals surface area contributed by atoms with Gasteiger partial charge in [0.2, 0.25) is 0 Å². The second-order valence-electron chi connectivity index (χ2n) is 5.42. The number of halogens is 2. The molecule has 2 unspecified atom stereocenters. The number of nitrogens with two attached hydrogens (primary N) is 1. The highest BCUT2D eigenvalue weighted by Gasteiger charge is 2.39. The van der Waals surface area contributed by atoms with Crippen LogP contribution in [0.2, 0.25) is 0 Å². The van der Waals surface area contributed by atoms with E-state index >= 15 is 0 Å². The van der Waals surface area contributed by atoms with Crippen LogP contribution in [0.5, 0.6) is 0 Å². The van der Waals surface area contributed by atoms with Gasteiger partial charge in [0, 0.05) is 18.2 Å². The zero-order chi connectivity index (χ0) is 12.7. The van der Waals surface area contributed by atoms with E-state index in [4.69, 9.17) is 5.73 Å². The maximum Gasteiger partial charge on any atom is 0.126 e. The molecule has 2 atom stereocenters. The molecule has 0 radical (unpaired) electrons. The highest BCUT2D eigenvalue weighted by Crippen LogP contribution is 2.39. The van der Waals surface area contributed by atoms with E-state index in [-0.39, 0.29) is 12.1 Å². The summed E-state index contributed by atoms with van der Waals surface area (Å²) in [4.78, 5) is 2.34. The van der Waals surface area contributed by atoms with Crippen molar-refractivity contribution in [3.8, 4) is 0 Å². The molecule has 1 aromatic rings. The summed E-state index contributed by atoms with van der Waals surface area (Å²) in [7, 11) is 0. The molecule has 1 aromatic carbocycles. The summed E-state index contributed by atoms with van der Waals surface area (Å²) in [5.41, 5.74) is 6.87. The van der Waals surface area contributed by atoms with Gasteiger partial charge in [-0.25, -0.2) is 8.78 Å². The van der Waals surface area contributed by atoms with Crippen molar-refractivity contribution in [1.29, 1.82) is 0 Å². The van der Waals surface area contributed by atoms with Crippen molar-refractivity contribution in [2.45, 2.75) is 43.8 Å². The Labute approximate surface area is 106 Å². The Balaban J connectivity index is 1.94. The normalized spacial score (nSPS) is 29.5. The molecule has 2 N–H and O–H groups in total. The van der Waals surface area contributed by atoms with Crippen LogP contribution in [0.25, 0.3) is 0 Å². The summed E-state index contributed by atoms with van der Waals surface area (Å²) >= 11 is 0. The van der Waals surface area contributed by atoms with E-state index in [0.29, 0.717) is 11.6 Å². The van der Waals surface area contributed by atoms with Crippen molar-refractivity contribution in [2.75, 3.05) is 6.54 Å². The van der Waals surface area contributed by atoms with Gasteiger partial charge in [-0.3, -0.25) is 4.90 Å². The van der Waals surface area contributed by atoms with Gasteiger partial charge in [0.1, 0.15) is 11.6 Å². The summed E-state index contributed by atoms with van der Waals surface area (Å²) in [6, 6.07) is 4.27. The third-order valence-electron chi connectivity index (χ3n) is 3.96. The first-order valence-corrected chi connectivity index (χ1v) is 6.62. The van der Waals surface area contributed by atoms with E-state index in [9.17, 15) is 8.78 Å². The largest absolute Gasteiger partial charge is 0.326 e. The minimum atomic E-state index is -0.515. The van der Waals surface area contributed by atoms with Gasteiger partial charge in [0.15, 0.2) is 0 Å². The summed E-state index contributed by atoms with van der Waals surface area (Å²) in [6.45, 7) is 0.987. The fraction of sp³-hybridized carbons (Fsp3) is 0.571. The highest BCUT2D eigenvalue weighted by atomic mass is 19.1. The number of benzene rings is 1. The van der Waals surface area contributed by atoms with Crippen LogP contribution in [0.4, 0.5) is 8.78 Å². The molecule has 0 spiro atoms. The molecular weight excluding hydrogens is 234 g/mol. The molecule has 0 aromatic heterocycles. The molecule has 1 saturated carbocycles. The number of piperidine rings is 1. The van der Waals surface area contributed by atoms with E-state index in [0.717, 1.165) is 25.5 Å². The Kier molecular flexibility index (Phi) is 3.08. The van der Waals surface area contributed by atoms with Gasteiger partial charge >= 0.3 is 0 Å². The molecule has 18 heavy (non-hydrogen) atoms. The van der Waals surface area contributed by atoms with Gasteiger partial charge in [0.05, 0.1) is 6.04 Å². The quantitative estimate of drug-likeness (QED) is 0.876. The van der Waals surface area contributed by atoms with Gasteiger partial charge < -0.3 is 5.73 Å². The molecule has 1 saturated heterocycles. The molecule has 0 bridgehead atoms. The lowest BCUT2D eigenvalue weighted by Gasteiger charge is -2.40. The SMILES string of the molecule is NC1CCCN(C2CC2)C1c1cc(F)cc(F)c1. The number of nitrogens with zero attached hydrogens (tertiary/aromatic N) is 1. The van der Waals surface area contributed by atoms with Crippen molar-refractivity contribution in [3.05, 3.63) is 35.4 Å². The van der Waals surface area contributed by atoms with Crippen molar-refractivity contribution in [2.24, 2.45) is 5.73 Å². The monoisotopic (exact) mass is 252 g/mol. The minimum Gasteiger partial charge on any atom is -0.326 e.